The molecule has 1 aliphatic rings. The number of rotatable bonds is 5. The van der Waals surface area contributed by atoms with Gasteiger partial charge in [0, 0.05) is 35.3 Å². The van der Waals surface area contributed by atoms with E-state index in [0.717, 1.165) is 37.8 Å². The molecule has 5 nitrogen and oxygen atoms in total. The van der Waals surface area contributed by atoms with Crippen molar-refractivity contribution in [3.8, 4) is 16.9 Å². The number of aromatic hydroxyl groups is 1. The van der Waals surface area contributed by atoms with Crippen LogP contribution in [-0.4, -0.2) is 47.5 Å². The minimum Gasteiger partial charge on any atom is -0.503 e. The lowest BCUT2D eigenvalue weighted by molar-refractivity contribution is 0.112. The highest BCUT2D eigenvalue weighted by atomic mass is 19.1. The van der Waals surface area contributed by atoms with Gasteiger partial charge in [0.15, 0.2) is 23.7 Å². The van der Waals surface area contributed by atoms with Gasteiger partial charge in [-0.3, -0.25) is 9.78 Å². The number of hydrogen-bond acceptors (Lipinski definition) is 5. The molecule has 1 aliphatic carbocycles. The quantitative estimate of drug-likeness (QED) is 0.536. The fourth-order valence-electron chi connectivity index (χ4n) is 4.36. The number of halogens is 3. The molecule has 3 aromatic rings. The van der Waals surface area contributed by atoms with Gasteiger partial charge >= 0.3 is 0 Å². The highest BCUT2D eigenvalue weighted by Crippen LogP contribution is 2.36. The van der Waals surface area contributed by atoms with E-state index in [-0.39, 0.29) is 17.2 Å². The van der Waals surface area contributed by atoms with Crippen LogP contribution in [0.4, 0.5) is 18.9 Å². The lowest BCUT2D eigenvalue weighted by Gasteiger charge is -2.33. The number of pyridine rings is 1. The summed E-state index contributed by atoms with van der Waals surface area (Å²) in [6, 6.07) is 4.99. The molecule has 2 aromatic carbocycles. The van der Waals surface area contributed by atoms with Gasteiger partial charge in [-0.1, -0.05) is 0 Å². The zero-order valence-electron chi connectivity index (χ0n) is 17.8. The molecule has 32 heavy (non-hydrogen) atoms. The fourth-order valence-corrected chi connectivity index (χ4v) is 4.36. The maximum absolute atomic E-state index is 14.8. The monoisotopic (exact) mass is 443 g/mol. The third kappa shape index (κ3) is 4.14. The van der Waals surface area contributed by atoms with Gasteiger partial charge in [0.1, 0.15) is 5.82 Å². The van der Waals surface area contributed by atoms with Gasteiger partial charge < -0.3 is 15.3 Å². The van der Waals surface area contributed by atoms with E-state index < -0.39 is 23.2 Å². The SMILES string of the molecule is CN(C)C1CCC(Nc2c(C=O)cnc3cc(F)c(-c4cc(F)c(O)c(F)c4)cc23)CC1. The Labute approximate surface area is 183 Å². The number of anilines is 1. The smallest absolute Gasteiger partial charge is 0.187 e. The average Bonchev–Trinajstić information content (AvgIpc) is 2.77. The van der Waals surface area contributed by atoms with Crippen molar-refractivity contribution in [2.75, 3.05) is 19.4 Å². The number of phenolic OH excluding ortho intramolecular Hbond substituents is 1. The van der Waals surface area contributed by atoms with E-state index in [1.54, 1.807) is 0 Å². The minimum atomic E-state index is -1.18. The average molecular weight is 443 g/mol. The third-order valence-electron chi connectivity index (χ3n) is 6.22. The summed E-state index contributed by atoms with van der Waals surface area (Å²) in [5.41, 5.74) is 1.05. The van der Waals surface area contributed by atoms with Crippen molar-refractivity contribution in [2.45, 2.75) is 37.8 Å². The molecule has 1 fully saturated rings. The molecule has 0 bridgehead atoms. The number of phenols is 1. The number of fused-ring (bicyclic) bond motifs is 1. The first kappa shape index (κ1) is 22.1. The van der Waals surface area contributed by atoms with Crippen molar-refractivity contribution in [2.24, 2.45) is 0 Å². The van der Waals surface area contributed by atoms with Crippen LogP contribution >= 0.6 is 0 Å². The maximum atomic E-state index is 14.8. The van der Waals surface area contributed by atoms with Crippen LogP contribution in [0.25, 0.3) is 22.0 Å². The minimum absolute atomic E-state index is 0.0560. The van der Waals surface area contributed by atoms with E-state index in [1.807, 2.05) is 0 Å². The van der Waals surface area contributed by atoms with E-state index in [4.69, 9.17) is 0 Å². The van der Waals surface area contributed by atoms with E-state index >= 15 is 0 Å². The Balaban J connectivity index is 1.77. The van der Waals surface area contributed by atoms with Crippen LogP contribution in [-0.2, 0) is 0 Å². The Kier molecular flexibility index (Phi) is 6.06. The Hall–Kier alpha value is -3.13. The lowest BCUT2D eigenvalue weighted by atomic mass is 9.90. The first-order chi connectivity index (χ1) is 15.3. The van der Waals surface area contributed by atoms with Crippen LogP contribution in [0.1, 0.15) is 36.0 Å². The highest BCUT2D eigenvalue weighted by Gasteiger charge is 2.24. The standard InChI is InChI=1S/C24H24F3N3O2/c1-30(2)16-5-3-15(4-6-16)29-23-14(12-31)11-28-22-10-19(25)17(9-18(22)23)13-7-20(26)24(32)21(27)8-13/h7-12,15-16,32H,3-6H2,1-2H3,(H,28,29). The number of hydrogen-bond donors (Lipinski definition) is 2. The molecule has 1 heterocycles. The summed E-state index contributed by atoms with van der Waals surface area (Å²) in [5.74, 6) is -4.20. The second-order valence-corrected chi connectivity index (χ2v) is 8.46. The molecule has 0 unspecified atom stereocenters. The largest absolute Gasteiger partial charge is 0.503 e. The summed E-state index contributed by atoms with van der Waals surface area (Å²) in [4.78, 5) is 18.1. The van der Waals surface area contributed by atoms with Crippen molar-refractivity contribution >= 4 is 22.9 Å². The van der Waals surface area contributed by atoms with Crippen LogP contribution in [0.5, 0.6) is 5.75 Å². The number of aldehydes is 1. The Morgan fingerprint density at radius 3 is 2.28 bits per heavy atom. The molecule has 0 radical (unpaired) electrons. The van der Waals surface area contributed by atoms with Crippen LogP contribution in [0.3, 0.4) is 0 Å². The topological polar surface area (TPSA) is 65.5 Å². The molecule has 8 heteroatoms. The number of nitrogens with one attached hydrogen (secondary N) is 1. The molecule has 0 atom stereocenters. The molecule has 0 spiro atoms. The summed E-state index contributed by atoms with van der Waals surface area (Å²) >= 11 is 0. The molecule has 0 aliphatic heterocycles. The Bertz CT molecular complexity index is 1150. The van der Waals surface area contributed by atoms with E-state index in [1.165, 1.54) is 18.3 Å². The zero-order chi connectivity index (χ0) is 23.0. The van der Waals surface area contributed by atoms with Gasteiger partial charge in [0.25, 0.3) is 0 Å². The predicted molar refractivity (Wildman–Crippen MR) is 117 cm³/mol. The summed E-state index contributed by atoms with van der Waals surface area (Å²) in [6.07, 6.45) is 5.91. The molecule has 4 rings (SSSR count). The normalized spacial score (nSPS) is 18.8. The first-order valence-electron chi connectivity index (χ1n) is 10.5. The lowest BCUT2D eigenvalue weighted by Crippen LogP contribution is -2.36. The van der Waals surface area contributed by atoms with E-state index in [0.29, 0.717) is 34.5 Å². The second kappa shape index (κ2) is 8.78. The van der Waals surface area contributed by atoms with Gasteiger partial charge in [-0.25, -0.2) is 13.2 Å². The molecule has 1 saturated carbocycles. The molecule has 0 saturated heterocycles. The van der Waals surface area contributed by atoms with Crippen molar-refractivity contribution in [3.63, 3.8) is 0 Å². The van der Waals surface area contributed by atoms with Gasteiger partial charge in [0.2, 0.25) is 0 Å². The first-order valence-corrected chi connectivity index (χ1v) is 10.5. The van der Waals surface area contributed by atoms with Crippen LogP contribution < -0.4 is 5.32 Å². The van der Waals surface area contributed by atoms with Gasteiger partial charge in [-0.05, 0) is 63.5 Å². The van der Waals surface area contributed by atoms with Gasteiger partial charge in [-0.2, -0.15) is 0 Å². The van der Waals surface area contributed by atoms with Gasteiger partial charge in [-0.15, -0.1) is 0 Å². The second-order valence-electron chi connectivity index (χ2n) is 8.46. The summed E-state index contributed by atoms with van der Waals surface area (Å²) in [6.45, 7) is 0. The maximum Gasteiger partial charge on any atom is 0.187 e. The predicted octanol–water partition coefficient (Wildman–Crippen LogP) is 5.12. The number of nitrogens with zero attached hydrogens (tertiary/aromatic N) is 2. The number of carbonyl (C=O) groups is 1. The molecule has 0 amide bonds. The molecule has 2 N–H and O–H groups in total. The highest BCUT2D eigenvalue weighted by molar-refractivity contribution is 6.01. The van der Waals surface area contributed by atoms with Crippen LogP contribution in [0.15, 0.2) is 30.5 Å². The van der Waals surface area contributed by atoms with Gasteiger partial charge in [0.05, 0.1) is 16.8 Å². The summed E-state index contributed by atoms with van der Waals surface area (Å²) < 4.78 is 42.6. The van der Waals surface area contributed by atoms with Crippen LogP contribution in [0, 0.1) is 17.5 Å². The molecule has 1 aromatic heterocycles. The number of carbonyl (C=O) groups excluding carboxylic acids is 1. The molecular formula is C24H24F3N3O2. The van der Waals surface area contributed by atoms with E-state index in [2.05, 4.69) is 29.3 Å². The van der Waals surface area contributed by atoms with Crippen molar-refractivity contribution in [1.82, 2.24) is 9.88 Å². The Morgan fingerprint density at radius 1 is 1.03 bits per heavy atom. The van der Waals surface area contributed by atoms with Crippen molar-refractivity contribution < 1.29 is 23.1 Å². The summed E-state index contributed by atoms with van der Waals surface area (Å²) in [7, 11) is 4.12. The number of aromatic nitrogens is 1. The molecule has 168 valence electrons. The van der Waals surface area contributed by atoms with E-state index in [9.17, 15) is 23.1 Å². The fraction of sp³-hybridized carbons (Fsp3) is 0.333. The Morgan fingerprint density at radius 2 is 1.69 bits per heavy atom. The van der Waals surface area contributed by atoms with Crippen molar-refractivity contribution in [3.05, 3.63) is 53.5 Å². The summed E-state index contributed by atoms with van der Waals surface area (Å²) in [5, 5.41) is 13.3. The zero-order valence-corrected chi connectivity index (χ0v) is 17.8. The van der Waals surface area contributed by atoms with Crippen LogP contribution in [0.2, 0.25) is 0 Å². The third-order valence-corrected chi connectivity index (χ3v) is 6.22. The van der Waals surface area contributed by atoms with Crippen molar-refractivity contribution in [1.29, 1.82) is 0 Å². The number of benzene rings is 2. The molecular weight excluding hydrogens is 419 g/mol.